The average molecular weight is 392 g/mol. The maximum atomic E-state index is 11.8. The lowest BCUT2D eigenvalue weighted by Gasteiger charge is -2.45. The van der Waals surface area contributed by atoms with Crippen LogP contribution in [0.3, 0.4) is 0 Å². The quantitative estimate of drug-likeness (QED) is 0.283. The summed E-state index contributed by atoms with van der Waals surface area (Å²) in [5.74, 6) is 0.503. The fourth-order valence-corrected chi connectivity index (χ4v) is 3.81. The molecule has 1 aromatic carbocycles. The van der Waals surface area contributed by atoms with Gasteiger partial charge in [-0.15, -0.1) is 0 Å². The molecule has 0 heterocycles. The second-order valence-corrected chi connectivity index (χ2v) is 8.75. The van der Waals surface area contributed by atoms with Crippen LogP contribution in [0.2, 0.25) is 0 Å². The molecule has 1 aromatic rings. The number of amides is 1. The van der Waals surface area contributed by atoms with Gasteiger partial charge in [-0.2, -0.15) is 0 Å². The van der Waals surface area contributed by atoms with Crippen molar-refractivity contribution in [2.45, 2.75) is 58.6 Å². The van der Waals surface area contributed by atoms with Gasteiger partial charge in [-0.05, 0) is 57.9 Å². The van der Waals surface area contributed by atoms with Crippen molar-refractivity contribution in [1.29, 1.82) is 0 Å². The number of benzene rings is 1. The molecule has 156 valence electrons. The van der Waals surface area contributed by atoms with Crippen LogP contribution in [0, 0.1) is 11.3 Å². The van der Waals surface area contributed by atoms with E-state index < -0.39 is 17.0 Å². The Labute approximate surface area is 167 Å². The molecule has 2 rings (SSSR count). The molecule has 7 heteroatoms. The summed E-state index contributed by atoms with van der Waals surface area (Å²) in [4.78, 5) is 13.2. The molecule has 1 aliphatic rings. The molecule has 0 unspecified atom stereocenters. The van der Waals surface area contributed by atoms with Crippen LogP contribution in [-0.4, -0.2) is 45.8 Å². The number of ether oxygens (including phenoxy) is 1. The maximum absolute atomic E-state index is 11.8. The van der Waals surface area contributed by atoms with Gasteiger partial charge in [0.1, 0.15) is 5.84 Å². The lowest BCUT2D eigenvalue weighted by atomic mass is 9.69. The van der Waals surface area contributed by atoms with Crippen molar-refractivity contribution in [1.82, 2.24) is 4.90 Å². The molecule has 0 spiro atoms. The minimum Gasteiger partial charge on any atom is -0.465 e. The van der Waals surface area contributed by atoms with Crippen molar-refractivity contribution >= 4 is 11.9 Å². The Kier molecular flexibility index (Phi) is 7.29. The normalized spacial score (nSPS) is 23.4. The summed E-state index contributed by atoms with van der Waals surface area (Å²) in [6, 6.07) is 10.0. The zero-order valence-corrected chi connectivity index (χ0v) is 17.1. The van der Waals surface area contributed by atoms with Crippen molar-refractivity contribution in [3.8, 4) is 0 Å². The molecule has 0 aromatic heterocycles. The van der Waals surface area contributed by atoms with Crippen molar-refractivity contribution < 1.29 is 19.8 Å². The monoisotopic (exact) mass is 391 g/mol. The van der Waals surface area contributed by atoms with Crippen LogP contribution in [0.25, 0.3) is 0 Å². The summed E-state index contributed by atoms with van der Waals surface area (Å²) in [6.45, 7) is 7.01. The van der Waals surface area contributed by atoms with Crippen LogP contribution >= 0.6 is 0 Å². The molecule has 1 amide bonds. The van der Waals surface area contributed by atoms with E-state index in [1.54, 1.807) is 0 Å². The molecule has 7 nitrogen and oxygen atoms in total. The van der Waals surface area contributed by atoms with Crippen molar-refractivity contribution in [2.24, 2.45) is 22.2 Å². The van der Waals surface area contributed by atoms with Gasteiger partial charge >= 0.3 is 6.09 Å². The minimum atomic E-state index is -0.995. The first-order valence-corrected chi connectivity index (χ1v) is 9.78. The van der Waals surface area contributed by atoms with E-state index in [0.717, 1.165) is 18.4 Å². The maximum Gasteiger partial charge on any atom is 0.407 e. The summed E-state index contributed by atoms with van der Waals surface area (Å²) in [6.07, 6.45) is 2.04. The largest absolute Gasteiger partial charge is 0.465 e. The lowest BCUT2D eigenvalue weighted by molar-refractivity contribution is 0.0385. The fourth-order valence-electron chi connectivity index (χ4n) is 3.81. The lowest BCUT2D eigenvalue weighted by Crippen LogP contribution is -2.55. The topological polar surface area (TPSA) is 108 Å². The van der Waals surface area contributed by atoms with Gasteiger partial charge < -0.3 is 25.7 Å². The molecule has 0 atom stereocenters. The number of carboxylic acid groups (broad SMARTS) is 1. The average Bonchev–Trinajstić information content (AvgIpc) is 2.66. The number of hydrogen-bond donors (Lipinski definition) is 3. The Morgan fingerprint density at radius 2 is 1.89 bits per heavy atom. The highest BCUT2D eigenvalue weighted by atomic mass is 16.5. The summed E-state index contributed by atoms with van der Waals surface area (Å²) < 4.78 is 5.87. The molecule has 0 aliphatic heterocycles. The molecule has 0 radical (unpaired) electrons. The van der Waals surface area contributed by atoms with Gasteiger partial charge in [0.05, 0.1) is 6.61 Å². The Hall–Kier alpha value is -2.28. The van der Waals surface area contributed by atoms with E-state index in [0.29, 0.717) is 32.0 Å². The summed E-state index contributed by atoms with van der Waals surface area (Å²) in [5, 5.41) is 22.2. The standard InChI is InChI=1S/C21H33N3O4/c1-20(2,3)24(19(25)26)15-21(18(22)23-27)11-9-17(10-12-21)14-28-13-16-7-5-4-6-8-16/h4-8,17,27H,9-15H2,1-3H3,(H2,22,23)(H,25,26). The van der Waals surface area contributed by atoms with Gasteiger partial charge in [-0.1, -0.05) is 35.5 Å². The first-order valence-electron chi connectivity index (χ1n) is 9.78. The van der Waals surface area contributed by atoms with E-state index in [1.165, 1.54) is 4.90 Å². The zero-order chi connectivity index (χ0) is 20.8. The number of rotatable bonds is 7. The molecule has 1 aliphatic carbocycles. The number of nitrogens with two attached hydrogens (primary N) is 1. The van der Waals surface area contributed by atoms with Crippen LogP contribution < -0.4 is 5.73 Å². The Morgan fingerprint density at radius 3 is 2.39 bits per heavy atom. The third kappa shape index (κ3) is 5.61. The van der Waals surface area contributed by atoms with Crippen LogP contribution in [0.15, 0.2) is 35.5 Å². The second kappa shape index (κ2) is 9.28. The Bertz CT molecular complexity index is 662. The first-order chi connectivity index (χ1) is 13.2. The van der Waals surface area contributed by atoms with E-state index in [1.807, 2.05) is 51.1 Å². The van der Waals surface area contributed by atoms with E-state index in [2.05, 4.69) is 5.16 Å². The third-order valence-corrected chi connectivity index (χ3v) is 5.68. The Morgan fingerprint density at radius 1 is 1.29 bits per heavy atom. The SMILES string of the molecule is CC(C)(C)N(CC1(C(N)=NO)CCC(COCc2ccccc2)CC1)C(=O)O. The van der Waals surface area contributed by atoms with Crippen molar-refractivity contribution in [2.75, 3.05) is 13.2 Å². The summed E-state index contributed by atoms with van der Waals surface area (Å²) >= 11 is 0. The van der Waals surface area contributed by atoms with Crippen LogP contribution in [-0.2, 0) is 11.3 Å². The highest BCUT2D eigenvalue weighted by Crippen LogP contribution is 2.41. The number of hydrogen-bond acceptors (Lipinski definition) is 4. The molecule has 0 saturated heterocycles. The van der Waals surface area contributed by atoms with Gasteiger partial charge in [-0.3, -0.25) is 0 Å². The number of oxime groups is 1. The van der Waals surface area contributed by atoms with E-state index in [9.17, 15) is 15.1 Å². The minimum absolute atomic E-state index is 0.117. The van der Waals surface area contributed by atoms with Crippen LogP contribution in [0.5, 0.6) is 0 Å². The van der Waals surface area contributed by atoms with Gasteiger partial charge in [0.25, 0.3) is 0 Å². The summed E-state index contributed by atoms with van der Waals surface area (Å²) in [7, 11) is 0. The molecule has 4 N–H and O–H groups in total. The highest BCUT2D eigenvalue weighted by Gasteiger charge is 2.44. The molecular formula is C21H33N3O4. The number of nitrogens with zero attached hydrogens (tertiary/aromatic N) is 2. The van der Waals surface area contributed by atoms with E-state index in [4.69, 9.17) is 10.5 Å². The molecular weight excluding hydrogens is 358 g/mol. The van der Waals surface area contributed by atoms with Crippen LogP contribution in [0.1, 0.15) is 52.0 Å². The van der Waals surface area contributed by atoms with Crippen LogP contribution in [0.4, 0.5) is 4.79 Å². The summed E-state index contributed by atoms with van der Waals surface area (Å²) in [5.41, 5.74) is 5.98. The molecule has 28 heavy (non-hydrogen) atoms. The predicted molar refractivity (Wildman–Crippen MR) is 108 cm³/mol. The van der Waals surface area contributed by atoms with Gasteiger partial charge in [0.15, 0.2) is 0 Å². The predicted octanol–water partition coefficient (Wildman–Crippen LogP) is 3.90. The zero-order valence-electron chi connectivity index (χ0n) is 17.1. The number of amidine groups is 1. The molecule has 1 fully saturated rings. The number of carbonyl (C=O) groups is 1. The van der Waals surface area contributed by atoms with Crippen molar-refractivity contribution in [3.05, 3.63) is 35.9 Å². The van der Waals surface area contributed by atoms with Gasteiger partial charge in [-0.25, -0.2) is 4.79 Å². The highest BCUT2D eigenvalue weighted by molar-refractivity contribution is 5.87. The Balaban J connectivity index is 1.98. The fraction of sp³-hybridized carbons (Fsp3) is 0.619. The smallest absolute Gasteiger partial charge is 0.407 e. The first kappa shape index (κ1) is 22.0. The second-order valence-electron chi connectivity index (χ2n) is 8.75. The van der Waals surface area contributed by atoms with Gasteiger partial charge in [0.2, 0.25) is 0 Å². The van der Waals surface area contributed by atoms with E-state index >= 15 is 0 Å². The third-order valence-electron chi connectivity index (χ3n) is 5.68. The van der Waals surface area contributed by atoms with E-state index in [-0.39, 0.29) is 12.4 Å². The molecule has 1 saturated carbocycles. The molecule has 0 bridgehead atoms. The van der Waals surface area contributed by atoms with Gasteiger partial charge in [0, 0.05) is 24.1 Å². The van der Waals surface area contributed by atoms with Crippen molar-refractivity contribution in [3.63, 3.8) is 0 Å².